The molecule has 0 aromatic heterocycles. The number of nitro groups is 1. The molecule has 22 heavy (non-hydrogen) atoms. The van der Waals surface area contributed by atoms with Gasteiger partial charge in [-0.05, 0) is 31.7 Å². The maximum atomic E-state index is 12.4. The maximum absolute atomic E-state index is 12.4. The Bertz CT molecular complexity index is 532. The molecule has 1 aliphatic heterocycles. The summed E-state index contributed by atoms with van der Waals surface area (Å²) >= 11 is 0. The van der Waals surface area contributed by atoms with Gasteiger partial charge in [0, 0.05) is 30.9 Å². The summed E-state index contributed by atoms with van der Waals surface area (Å²) in [5, 5.41) is 20.4. The molecule has 1 aliphatic rings. The quantitative estimate of drug-likeness (QED) is 0.668. The van der Waals surface area contributed by atoms with Crippen LogP contribution in [0.4, 0.5) is 20.2 Å². The second-order valence-electron chi connectivity index (χ2n) is 5.35. The third-order valence-electron chi connectivity index (χ3n) is 3.94. The molecular formula is C14H18F2N2O4. The summed E-state index contributed by atoms with van der Waals surface area (Å²) in [4.78, 5) is 12.0. The minimum atomic E-state index is -3.12. The maximum Gasteiger partial charge on any atom is 0.387 e. The molecule has 0 spiro atoms. The Balaban J connectivity index is 2.17. The average molecular weight is 316 g/mol. The molecule has 8 heteroatoms. The zero-order valence-electron chi connectivity index (χ0n) is 12.1. The summed E-state index contributed by atoms with van der Waals surface area (Å²) in [5.41, 5.74) is 0.119. The molecule has 0 bridgehead atoms. The van der Waals surface area contributed by atoms with Crippen LogP contribution in [0.2, 0.25) is 0 Å². The first-order chi connectivity index (χ1) is 10.4. The molecular weight excluding hydrogens is 298 g/mol. The first-order valence-electron chi connectivity index (χ1n) is 7.04. The van der Waals surface area contributed by atoms with Crippen LogP contribution in [0.3, 0.4) is 0 Å². The number of alkyl halides is 2. The molecule has 1 N–H and O–H groups in total. The Morgan fingerprint density at radius 1 is 1.41 bits per heavy atom. The van der Waals surface area contributed by atoms with E-state index in [0.717, 1.165) is 12.8 Å². The Morgan fingerprint density at radius 3 is 2.55 bits per heavy atom. The van der Waals surface area contributed by atoms with Crippen LogP contribution in [0, 0.1) is 16.0 Å². The lowest BCUT2D eigenvalue weighted by molar-refractivity contribution is -0.386. The normalized spacial score (nSPS) is 17.6. The van der Waals surface area contributed by atoms with Gasteiger partial charge >= 0.3 is 12.3 Å². The summed E-state index contributed by atoms with van der Waals surface area (Å²) in [5.74, 6) is -0.221. The highest BCUT2D eigenvalue weighted by Crippen LogP contribution is 2.34. The van der Waals surface area contributed by atoms with Crippen molar-refractivity contribution in [2.45, 2.75) is 32.5 Å². The van der Waals surface area contributed by atoms with Gasteiger partial charge in [0.15, 0.2) is 0 Å². The van der Waals surface area contributed by atoms with E-state index in [0.29, 0.717) is 18.8 Å². The highest BCUT2D eigenvalue weighted by Gasteiger charge is 2.25. The van der Waals surface area contributed by atoms with E-state index >= 15 is 0 Å². The topological polar surface area (TPSA) is 75.8 Å². The number of aliphatic hydroxyl groups excluding tert-OH is 1. The SMILES string of the molecule is CC(O)C1CCN(c2ccc([N+](=O)[O-])c(OC(F)F)c2)CC1. The third kappa shape index (κ3) is 3.82. The Labute approximate surface area is 126 Å². The average Bonchev–Trinajstić information content (AvgIpc) is 2.46. The predicted octanol–water partition coefficient (Wildman–Crippen LogP) is 2.79. The van der Waals surface area contributed by atoms with E-state index in [1.165, 1.54) is 18.2 Å². The van der Waals surface area contributed by atoms with Crippen molar-refractivity contribution in [2.75, 3.05) is 18.0 Å². The predicted molar refractivity (Wildman–Crippen MR) is 76.3 cm³/mol. The van der Waals surface area contributed by atoms with E-state index in [9.17, 15) is 24.0 Å². The van der Waals surface area contributed by atoms with Crippen LogP contribution >= 0.6 is 0 Å². The van der Waals surface area contributed by atoms with E-state index < -0.39 is 23.0 Å². The number of piperidine rings is 1. The number of benzene rings is 1. The number of nitro benzene ring substituents is 1. The summed E-state index contributed by atoms with van der Waals surface area (Å²) in [6.07, 6.45) is 1.18. The first-order valence-corrected chi connectivity index (χ1v) is 7.04. The molecule has 1 heterocycles. The van der Waals surface area contributed by atoms with Crippen LogP contribution in [0.5, 0.6) is 5.75 Å². The minimum absolute atomic E-state index is 0.214. The van der Waals surface area contributed by atoms with Crippen molar-refractivity contribution in [3.63, 3.8) is 0 Å². The van der Waals surface area contributed by atoms with Gasteiger partial charge in [-0.15, -0.1) is 0 Å². The number of halogens is 2. The lowest BCUT2D eigenvalue weighted by Gasteiger charge is -2.34. The highest BCUT2D eigenvalue weighted by atomic mass is 19.3. The Morgan fingerprint density at radius 2 is 2.05 bits per heavy atom. The van der Waals surface area contributed by atoms with Gasteiger partial charge in [0.1, 0.15) is 0 Å². The van der Waals surface area contributed by atoms with Crippen LogP contribution in [0.1, 0.15) is 19.8 Å². The fraction of sp³-hybridized carbons (Fsp3) is 0.571. The largest absolute Gasteiger partial charge is 0.427 e. The van der Waals surface area contributed by atoms with Crippen LogP contribution in [-0.2, 0) is 0 Å². The molecule has 0 aliphatic carbocycles. The number of rotatable bonds is 5. The van der Waals surface area contributed by atoms with Gasteiger partial charge in [0.2, 0.25) is 5.75 Å². The lowest BCUT2D eigenvalue weighted by Crippen LogP contribution is -2.37. The van der Waals surface area contributed by atoms with Gasteiger partial charge in [0.05, 0.1) is 11.0 Å². The van der Waals surface area contributed by atoms with E-state index in [1.807, 2.05) is 4.90 Å². The van der Waals surface area contributed by atoms with Gasteiger partial charge in [-0.2, -0.15) is 8.78 Å². The van der Waals surface area contributed by atoms with Gasteiger partial charge in [0.25, 0.3) is 0 Å². The van der Waals surface area contributed by atoms with Crippen LogP contribution in [0.25, 0.3) is 0 Å². The second-order valence-corrected chi connectivity index (χ2v) is 5.35. The Hall–Kier alpha value is -1.96. The number of nitrogens with zero attached hydrogens (tertiary/aromatic N) is 2. The molecule has 2 rings (SSSR count). The zero-order valence-corrected chi connectivity index (χ0v) is 12.1. The minimum Gasteiger partial charge on any atom is -0.427 e. The summed E-state index contributed by atoms with van der Waals surface area (Å²) in [7, 11) is 0. The lowest BCUT2D eigenvalue weighted by atomic mass is 9.92. The number of anilines is 1. The van der Waals surface area contributed by atoms with Gasteiger partial charge < -0.3 is 14.7 Å². The molecule has 122 valence electrons. The number of ether oxygens (including phenoxy) is 1. The molecule has 1 atom stereocenters. The van der Waals surface area contributed by atoms with E-state index in [1.54, 1.807) is 6.92 Å². The van der Waals surface area contributed by atoms with Gasteiger partial charge in [-0.1, -0.05) is 0 Å². The fourth-order valence-electron chi connectivity index (χ4n) is 2.68. The van der Waals surface area contributed by atoms with Crippen molar-refractivity contribution < 1.29 is 23.5 Å². The first kappa shape index (κ1) is 16.4. The third-order valence-corrected chi connectivity index (χ3v) is 3.94. The summed E-state index contributed by atoms with van der Waals surface area (Å²) in [6, 6.07) is 3.97. The van der Waals surface area contributed by atoms with Crippen molar-refractivity contribution in [2.24, 2.45) is 5.92 Å². The van der Waals surface area contributed by atoms with Crippen molar-refractivity contribution in [1.82, 2.24) is 0 Å². The molecule has 1 unspecified atom stereocenters. The second kappa shape index (κ2) is 6.87. The molecule has 0 saturated carbocycles. The summed E-state index contributed by atoms with van der Waals surface area (Å²) < 4.78 is 29.0. The zero-order chi connectivity index (χ0) is 16.3. The van der Waals surface area contributed by atoms with Gasteiger partial charge in [-0.3, -0.25) is 10.1 Å². The highest BCUT2D eigenvalue weighted by molar-refractivity contribution is 5.59. The van der Waals surface area contributed by atoms with Crippen LogP contribution < -0.4 is 9.64 Å². The van der Waals surface area contributed by atoms with Crippen molar-refractivity contribution in [1.29, 1.82) is 0 Å². The van der Waals surface area contributed by atoms with Crippen molar-refractivity contribution >= 4 is 11.4 Å². The number of hydrogen-bond acceptors (Lipinski definition) is 5. The molecule has 1 aromatic carbocycles. The van der Waals surface area contributed by atoms with E-state index in [2.05, 4.69) is 4.74 Å². The molecule has 0 amide bonds. The van der Waals surface area contributed by atoms with Crippen LogP contribution in [0.15, 0.2) is 18.2 Å². The van der Waals surface area contributed by atoms with Crippen molar-refractivity contribution in [3.05, 3.63) is 28.3 Å². The number of aliphatic hydroxyl groups is 1. The molecule has 1 saturated heterocycles. The number of hydrogen-bond donors (Lipinski definition) is 1. The fourth-order valence-corrected chi connectivity index (χ4v) is 2.68. The Kier molecular flexibility index (Phi) is 5.12. The van der Waals surface area contributed by atoms with Gasteiger partial charge in [-0.25, -0.2) is 0 Å². The standard InChI is InChI=1S/C14H18F2N2O4/c1-9(19)10-4-6-17(7-5-10)11-2-3-12(18(20)21)13(8-11)22-14(15)16/h2-3,8-10,14,19H,4-7H2,1H3. The molecule has 1 fully saturated rings. The van der Waals surface area contributed by atoms with E-state index in [-0.39, 0.29) is 12.0 Å². The summed E-state index contributed by atoms with van der Waals surface area (Å²) in [6.45, 7) is -0.0565. The molecule has 6 nitrogen and oxygen atoms in total. The molecule has 0 radical (unpaired) electrons. The molecule has 1 aromatic rings. The monoisotopic (exact) mass is 316 g/mol. The van der Waals surface area contributed by atoms with E-state index in [4.69, 9.17) is 0 Å². The smallest absolute Gasteiger partial charge is 0.387 e. The van der Waals surface area contributed by atoms with Crippen molar-refractivity contribution in [3.8, 4) is 5.75 Å². The van der Waals surface area contributed by atoms with Crippen LogP contribution in [-0.4, -0.2) is 35.8 Å².